The minimum Gasteiger partial charge on any atom is -0.339 e. The summed E-state index contributed by atoms with van der Waals surface area (Å²) in [6, 6.07) is 1.66. The summed E-state index contributed by atoms with van der Waals surface area (Å²) in [4.78, 5) is 3.92. The van der Waals surface area contributed by atoms with Crippen LogP contribution in [0.25, 0.3) is 0 Å². The minimum absolute atomic E-state index is 0.135. The summed E-state index contributed by atoms with van der Waals surface area (Å²) in [6.07, 6.45) is 0.304. The van der Waals surface area contributed by atoms with E-state index < -0.39 is 15.3 Å². The zero-order chi connectivity index (χ0) is 12.2. The van der Waals surface area contributed by atoms with Crippen LogP contribution in [0.2, 0.25) is 0 Å². The average Bonchev–Trinajstić information content (AvgIpc) is 2.62. The predicted octanol–water partition coefficient (Wildman–Crippen LogP) is -0.248. The molecule has 0 saturated carbocycles. The maximum absolute atomic E-state index is 11.4. The molecule has 1 N–H and O–H groups in total. The zero-order valence-corrected chi connectivity index (χ0v) is 9.78. The number of hydrogen-bond acceptors (Lipinski definition) is 6. The third kappa shape index (κ3) is 3.29. The van der Waals surface area contributed by atoms with Crippen molar-refractivity contribution in [3.8, 4) is 6.07 Å². The van der Waals surface area contributed by atoms with Crippen molar-refractivity contribution in [1.82, 2.24) is 14.9 Å². The van der Waals surface area contributed by atoms with Crippen molar-refractivity contribution in [2.75, 3.05) is 6.54 Å². The molecule has 0 bridgehead atoms. The molecular weight excluding hydrogens is 232 g/mol. The summed E-state index contributed by atoms with van der Waals surface area (Å²) in [5.41, 5.74) is 0. The quantitative estimate of drug-likeness (QED) is 0.765. The van der Waals surface area contributed by atoms with Crippen LogP contribution in [0.4, 0.5) is 0 Å². The van der Waals surface area contributed by atoms with E-state index in [4.69, 9.17) is 9.78 Å². The first-order chi connectivity index (χ1) is 7.45. The standard InChI is InChI=1S/C8H12N4O3S/c1-6(5-9)16(13,14)10-4-3-8-11-7(2)12-15-8/h6,10H,3-4H2,1-2H3. The van der Waals surface area contributed by atoms with Crippen LogP contribution >= 0.6 is 0 Å². The molecular formula is C8H12N4O3S. The van der Waals surface area contributed by atoms with Crippen LogP contribution in [0.5, 0.6) is 0 Å². The van der Waals surface area contributed by atoms with Crippen LogP contribution in [-0.4, -0.2) is 30.4 Å². The van der Waals surface area contributed by atoms with E-state index in [1.54, 1.807) is 13.0 Å². The Labute approximate surface area is 93.5 Å². The van der Waals surface area contributed by atoms with Crippen LogP contribution in [0, 0.1) is 18.3 Å². The number of sulfonamides is 1. The summed E-state index contributed by atoms with van der Waals surface area (Å²) in [5, 5.41) is 11.0. The second kappa shape index (κ2) is 5.05. The van der Waals surface area contributed by atoms with Crippen molar-refractivity contribution < 1.29 is 12.9 Å². The van der Waals surface area contributed by atoms with E-state index in [1.165, 1.54) is 6.92 Å². The molecule has 1 aromatic heterocycles. The lowest BCUT2D eigenvalue weighted by Gasteiger charge is -2.05. The van der Waals surface area contributed by atoms with Gasteiger partial charge in [0.25, 0.3) is 0 Å². The first kappa shape index (κ1) is 12.6. The van der Waals surface area contributed by atoms with Crippen LogP contribution < -0.4 is 4.72 Å². The van der Waals surface area contributed by atoms with Gasteiger partial charge in [-0.15, -0.1) is 0 Å². The lowest BCUT2D eigenvalue weighted by atomic mass is 10.4. The van der Waals surface area contributed by atoms with Crippen molar-refractivity contribution >= 4 is 10.0 Å². The Morgan fingerprint density at radius 3 is 2.81 bits per heavy atom. The Morgan fingerprint density at radius 1 is 1.62 bits per heavy atom. The molecule has 16 heavy (non-hydrogen) atoms. The topological polar surface area (TPSA) is 109 Å². The van der Waals surface area contributed by atoms with Crippen molar-refractivity contribution in [3.63, 3.8) is 0 Å². The second-order valence-electron chi connectivity index (χ2n) is 3.20. The van der Waals surface area contributed by atoms with Gasteiger partial charge in [0, 0.05) is 13.0 Å². The van der Waals surface area contributed by atoms with Gasteiger partial charge >= 0.3 is 0 Å². The van der Waals surface area contributed by atoms with E-state index in [9.17, 15) is 8.42 Å². The highest BCUT2D eigenvalue weighted by Gasteiger charge is 2.19. The highest BCUT2D eigenvalue weighted by molar-refractivity contribution is 7.90. The SMILES string of the molecule is Cc1noc(CCNS(=O)(=O)C(C)C#N)n1. The van der Waals surface area contributed by atoms with Gasteiger partial charge in [-0.05, 0) is 13.8 Å². The Bertz CT molecular complexity index is 488. The van der Waals surface area contributed by atoms with Crippen LogP contribution in [0.1, 0.15) is 18.6 Å². The van der Waals surface area contributed by atoms with Gasteiger partial charge in [-0.2, -0.15) is 10.2 Å². The van der Waals surface area contributed by atoms with Gasteiger partial charge in [0.05, 0.1) is 6.07 Å². The Hall–Kier alpha value is -1.46. The number of nitrogens with one attached hydrogen (secondary N) is 1. The fourth-order valence-corrected chi connectivity index (χ4v) is 1.71. The third-order valence-electron chi connectivity index (χ3n) is 1.86. The molecule has 0 spiro atoms. The van der Waals surface area contributed by atoms with E-state index in [1.807, 2.05) is 0 Å². The van der Waals surface area contributed by atoms with Crippen molar-refractivity contribution in [3.05, 3.63) is 11.7 Å². The molecule has 1 rings (SSSR count). The number of aromatic nitrogens is 2. The zero-order valence-electron chi connectivity index (χ0n) is 8.97. The molecule has 1 unspecified atom stereocenters. The normalized spacial score (nSPS) is 13.3. The van der Waals surface area contributed by atoms with Crippen molar-refractivity contribution in [1.29, 1.82) is 5.26 Å². The van der Waals surface area contributed by atoms with Gasteiger partial charge in [-0.3, -0.25) is 0 Å². The number of aryl methyl sites for hydroxylation is 1. The maximum atomic E-state index is 11.4. The molecule has 0 aliphatic rings. The van der Waals surface area contributed by atoms with Crippen LogP contribution in [0.15, 0.2) is 4.52 Å². The fourth-order valence-electron chi connectivity index (χ4n) is 0.936. The molecule has 1 atom stereocenters. The first-order valence-corrected chi connectivity index (χ1v) is 6.17. The molecule has 1 aromatic rings. The lowest BCUT2D eigenvalue weighted by molar-refractivity contribution is 0.375. The van der Waals surface area contributed by atoms with Gasteiger partial charge in [-0.25, -0.2) is 13.1 Å². The van der Waals surface area contributed by atoms with E-state index in [0.717, 1.165) is 0 Å². The first-order valence-electron chi connectivity index (χ1n) is 4.63. The fraction of sp³-hybridized carbons (Fsp3) is 0.625. The molecule has 0 saturated heterocycles. The molecule has 0 radical (unpaired) electrons. The van der Waals surface area contributed by atoms with Gasteiger partial charge < -0.3 is 4.52 Å². The monoisotopic (exact) mass is 244 g/mol. The summed E-state index contributed by atoms with van der Waals surface area (Å²) < 4.78 is 29.8. The van der Waals surface area contributed by atoms with E-state index >= 15 is 0 Å². The smallest absolute Gasteiger partial charge is 0.227 e. The van der Waals surface area contributed by atoms with Crippen molar-refractivity contribution in [2.45, 2.75) is 25.5 Å². The van der Waals surface area contributed by atoms with Gasteiger partial charge in [0.2, 0.25) is 15.9 Å². The van der Waals surface area contributed by atoms with Gasteiger partial charge in [-0.1, -0.05) is 5.16 Å². The molecule has 0 amide bonds. The van der Waals surface area contributed by atoms with Gasteiger partial charge in [0.15, 0.2) is 11.1 Å². The van der Waals surface area contributed by atoms with E-state index in [2.05, 4.69) is 14.9 Å². The van der Waals surface area contributed by atoms with Crippen LogP contribution in [0.3, 0.4) is 0 Å². The number of nitriles is 1. The Morgan fingerprint density at radius 2 is 2.31 bits per heavy atom. The van der Waals surface area contributed by atoms with Crippen LogP contribution in [-0.2, 0) is 16.4 Å². The summed E-state index contributed by atoms with van der Waals surface area (Å²) >= 11 is 0. The molecule has 0 aliphatic heterocycles. The van der Waals surface area contributed by atoms with E-state index in [0.29, 0.717) is 18.1 Å². The minimum atomic E-state index is -3.57. The van der Waals surface area contributed by atoms with Gasteiger partial charge in [0.1, 0.15) is 0 Å². The average molecular weight is 244 g/mol. The number of rotatable bonds is 5. The molecule has 1 heterocycles. The summed E-state index contributed by atoms with van der Waals surface area (Å²) in [7, 11) is -3.57. The second-order valence-corrected chi connectivity index (χ2v) is 5.28. The Balaban J connectivity index is 2.45. The summed E-state index contributed by atoms with van der Waals surface area (Å²) in [5.74, 6) is 0.869. The number of nitrogens with zero attached hydrogens (tertiary/aromatic N) is 3. The molecule has 0 fully saturated rings. The molecule has 88 valence electrons. The largest absolute Gasteiger partial charge is 0.339 e. The summed E-state index contributed by atoms with van der Waals surface area (Å²) in [6.45, 7) is 3.13. The molecule has 7 nitrogen and oxygen atoms in total. The molecule has 0 aromatic carbocycles. The third-order valence-corrected chi connectivity index (χ3v) is 3.50. The van der Waals surface area contributed by atoms with Crippen molar-refractivity contribution in [2.24, 2.45) is 0 Å². The Kier molecular flexibility index (Phi) is 3.98. The van der Waals surface area contributed by atoms with E-state index in [-0.39, 0.29) is 6.54 Å². The lowest BCUT2D eigenvalue weighted by Crippen LogP contribution is -2.33. The molecule has 0 aliphatic carbocycles. The highest BCUT2D eigenvalue weighted by atomic mass is 32.2. The number of hydrogen-bond donors (Lipinski definition) is 1. The maximum Gasteiger partial charge on any atom is 0.227 e. The molecule has 8 heteroatoms. The highest BCUT2D eigenvalue weighted by Crippen LogP contribution is 1.99. The predicted molar refractivity (Wildman–Crippen MR) is 54.7 cm³/mol.